The van der Waals surface area contributed by atoms with Gasteiger partial charge in [-0.05, 0) is 37.7 Å². The van der Waals surface area contributed by atoms with E-state index >= 15 is 0 Å². The van der Waals surface area contributed by atoms with Crippen molar-refractivity contribution in [3.8, 4) is 5.75 Å². The number of aliphatic imine (C=N–C) groups is 1. The first-order valence-electron chi connectivity index (χ1n) is 6.62. The Morgan fingerprint density at radius 1 is 1.40 bits per heavy atom. The Kier molecular flexibility index (Phi) is 4.73. The van der Waals surface area contributed by atoms with Gasteiger partial charge < -0.3 is 8.99 Å². The zero-order valence-corrected chi connectivity index (χ0v) is 13.4. The van der Waals surface area contributed by atoms with Crippen molar-refractivity contribution < 1.29 is 4.43 Å². The van der Waals surface area contributed by atoms with E-state index in [4.69, 9.17) is 4.43 Å². The Bertz CT molecular complexity index is 605. The van der Waals surface area contributed by atoms with E-state index in [0.29, 0.717) is 0 Å². The SMILES string of the molecule is Cc1ccc(N=CCc2cn(C)cn2)c(O[Si](C)C)c1. The lowest BCUT2D eigenvalue weighted by atomic mass is 10.2. The highest BCUT2D eigenvalue weighted by atomic mass is 28.3. The monoisotopic (exact) mass is 286 g/mol. The molecule has 5 heteroatoms. The van der Waals surface area contributed by atoms with Gasteiger partial charge in [0, 0.05) is 25.9 Å². The number of aromatic nitrogens is 2. The molecule has 4 nitrogen and oxygen atoms in total. The van der Waals surface area contributed by atoms with E-state index in [9.17, 15) is 0 Å². The molecule has 0 fully saturated rings. The van der Waals surface area contributed by atoms with E-state index in [1.807, 2.05) is 36.2 Å². The maximum Gasteiger partial charge on any atom is 0.274 e. The second-order valence-corrected chi connectivity index (χ2v) is 7.05. The van der Waals surface area contributed by atoms with Gasteiger partial charge in [-0.3, -0.25) is 4.99 Å². The lowest BCUT2D eigenvalue weighted by Gasteiger charge is -2.11. The van der Waals surface area contributed by atoms with Crippen LogP contribution in [0.5, 0.6) is 5.75 Å². The zero-order valence-electron chi connectivity index (χ0n) is 12.4. The van der Waals surface area contributed by atoms with E-state index in [2.05, 4.69) is 36.1 Å². The quantitative estimate of drug-likeness (QED) is 0.625. The molecule has 0 amide bonds. The lowest BCUT2D eigenvalue weighted by Crippen LogP contribution is -2.11. The number of rotatable bonds is 5. The molecule has 0 unspecified atom stereocenters. The normalized spacial score (nSPS) is 11.4. The van der Waals surface area contributed by atoms with Crippen LogP contribution in [0.25, 0.3) is 0 Å². The van der Waals surface area contributed by atoms with Gasteiger partial charge in [0.05, 0.1) is 12.0 Å². The van der Waals surface area contributed by atoms with Crippen LogP contribution >= 0.6 is 0 Å². The van der Waals surface area contributed by atoms with Gasteiger partial charge in [-0.25, -0.2) is 4.98 Å². The van der Waals surface area contributed by atoms with Crippen LogP contribution in [0.1, 0.15) is 11.3 Å². The van der Waals surface area contributed by atoms with Crippen LogP contribution in [0, 0.1) is 6.92 Å². The zero-order chi connectivity index (χ0) is 14.5. The van der Waals surface area contributed by atoms with Gasteiger partial charge in [-0.1, -0.05) is 6.07 Å². The Morgan fingerprint density at radius 2 is 2.20 bits per heavy atom. The summed E-state index contributed by atoms with van der Waals surface area (Å²) in [6.07, 6.45) is 6.41. The van der Waals surface area contributed by atoms with Crippen LogP contribution in [0.15, 0.2) is 35.7 Å². The predicted molar refractivity (Wildman–Crippen MR) is 84.4 cm³/mol. The third kappa shape index (κ3) is 4.06. The molecule has 20 heavy (non-hydrogen) atoms. The summed E-state index contributed by atoms with van der Waals surface area (Å²) in [5, 5.41) is 0. The lowest BCUT2D eigenvalue weighted by molar-refractivity contribution is 0.581. The molecule has 1 radical (unpaired) electrons. The van der Waals surface area contributed by atoms with Crippen LogP contribution in [-0.4, -0.2) is 24.8 Å². The molecule has 1 aromatic heterocycles. The highest BCUT2D eigenvalue weighted by Crippen LogP contribution is 2.28. The van der Waals surface area contributed by atoms with E-state index in [1.165, 1.54) is 5.56 Å². The summed E-state index contributed by atoms with van der Waals surface area (Å²) in [4.78, 5) is 8.80. The standard InChI is InChI=1S/C15H20N3OSi/c1-12-5-6-14(15(9-12)19-20(3)4)16-8-7-13-10-18(2)11-17-13/h5-6,8-11H,7H2,1-4H3. The molecule has 0 N–H and O–H groups in total. The molecule has 2 aromatic rings. The summed E-state index contributed by atoms with van der Waals surface area (Å²) in [5.41, 5.74) is 3.09. The van der Waals surface area contributed by atoms with Crippen molar-refractivity contribution in [2.75, 3.05) is 0 Å². The molecule has 0 aliphatic carbocycles. The van der Waals surface area contributed by atoms with Crippen molar-refractivity contribution in [2.24, 2.45) is 12.0 Å². The Morgan fingerprint density at radius 3 is 2.85 bits per heavy atom. The first kappa shape index (κ1) is 14.5. The summed E-state index contributed by atoms with van der Waals surface area (Å²) < 4.78 is 7.84. The third-order valence-electron chi connectivity index (χ3n) is 2.72. The average molecular weight is 286 g/mol. The van der Waals surface area contributed by atoms with Gasteiger partial charge in [0.15, 0.2) is 0 Å². The van der Waals surface area contributed by atoms with E-state index in [-0.39, 0.29) is 0 Å². The Hall–Kier alpha value is -1.88. The molecular formula is C15H20N3OSi. The second kappa shape index (κ2) is 6.52. The highest BCUT2D eigenvalue weighted by Gasteiger charge is 2.06. The number of nitrogens with zero attached hydrogens (tertiary/aromatic N) is 3. The number of imidazole rings is 1. The number of benzene rings is 1. The summed E-state index contributed by atoms with van der Waals surface area (Å²) in [7, 11) is 1.18. The maximum absolute atomic E-state index is 5.90. The third-order valence-corrected chi connectivity index (χ3v) is 3.35. The Labute approximate surface area is 121 Å². The predicted octanol–water partition coefficient (Wildman–Crippen LogP) is 3.30. The van der Waals surface area contributed by atoms with Crippen molar-refractivity contribution >= 4 is 20.9 Å². The van der Waals surface area contributed by atoms with Crippen LogP contribution in [0.4, 0.5) is 5.69 Å². The summed E-state index contributed by atoms with van der Waals surface area (Å²) in [5.74, 6) is 0.876. The van der Waals surface area contributed by atoms with Gasteiger partial charge in [-0.15, -0.1) is 0 Å². The largest absolute Gasteiger partial charge is 0.541 e. The van der Waals surface area contributed by atoms with Gasteiger partial charge in [0.1, 0.15) is 11.4 Å². The fourth-order valence-corrected chi connectivity index (χ4v) is 2.44. The summed E-state index contributed by atoms with van der Waals surface area (Å²) in [6, 6.07) is 6.10. The fourth-order valence-electron chi connectivity index (χ4n) is 1.84. The highest BCUT2D eigenvalue weighted by molar-refractivity contribution is 6.49. The second-order valence-electron chi connectivity index (χ2n) is 5.03. The van der Waals surface area contributed by atoms with Crippen LogP contribution in [-0.2, 0) is 13.5 Å². The van der Waals surface area contributed by atoms with Gasteiger partial charge in [0.25, 0.3) is 9.04 Å². The number of hydrogen-bond acceptors (Lipinski definition) is 3. The van der Waals surface area contributed by atoms with Crippen LogP contribution in [0.2, 0.25) is 13.1 Å². The maximum atomic E-state index is 5.90. The fraction of sp³-hybridized carbons (Fsp3) is 0.333. The molecule has 0 aliphatic rings. The molecule has 0 bridgehead atoms. The summed E-state index contributed by atoms with van der Waals surface area (Å²) in [6.45, 7) is 6.30. The number of aryl methyl sites for hydroxylation is 2. The number of hydrogen-bond donors (Lipinski definition) is 0. The van der Waals surface area contributed by atoms with Gasteiger partial charge in [0.2, 0.25) is 0 Å². The minimum absolute atomic E-state index is 0.726. The molecule has 1 heterocycles. The average Bonchev–Trinajstić information content (AvgIpc) is 2.77. The molecule has 1 aromatic carbocycles. The molecule has 0 saturated heterocycles. The molecule has 0 spiro atoms. The first-order valence-corrected chi connectivity index (χ1v) is 9.03. The van der Waals surface area contributed by atoms with E-state index in [1.54, 1.807) is 6.33 Å². The summed E-state index contributed by atoms with van der Waals surface area (Å²) >= 11 is 0. The molecular weight excluding hydrogens is 266 g/mol. The van der Waals surface area contributed by atoms with Crippen molar-refractivity contribution in [2.45, 2.75) is 26.4 Å². The van der Waals surface area contributed by atoms with Crippen molar-refractivity contribution in [3.63, 3.8) is 0 Å². The minimum atomic E-state index is -0.788. The Balaban J connectivity index is 2.11. The molecule has 0 atom stereocenters. The van der Waals surface area contributed by atoms with Gasteiger partial charge in [-0.2, -0.15) is 0 Å². The topological polar surface area (TPSA) is 39.4 Å². The smallest absolute Gasteiger partial charge is 0.274 e. The molecule has 0 aliphatic heterocycles. The van der Waals surface area contributed by atoms with Crippen LogP contribution in [0.3, 0.4) is 0 Å². The first-order chi connectivity index (χ1) is 9.54. The molecule has 105 valence electrons. The van der Waals surface area contributed by atoms with Crippen molar-refractivity contribution in [3.05, 3.63) is 42.0 Å². The molecule has 2 rings (SSSR count). The van der Waals surface area contributed by atoms with Crippen molar-refractivity contribution in [1.29, 1.82) is 0 Å². The van der Waals surface area contributed by atoms with Gasteiger partial charge >= 0.3 is 0 Å². The van der Waals surface area contributed by atoms with Crippen LogP contribution < -0.4 is 4.43 Å². The van der Waals surface area contributed by atoms with E-state index in [0.717, 1.165) is 23.6 Å². The minimum Gasteiger partial charge on any atom is -0.541 e. The molecule has 0 saturated carbocycles. The van der Waals surface area contributed by atoms with Crippen molar-refractivity contribution in [1.82, 2.24) is 9.55 Å². The van der Waals surface area contributed by atoms with E-state index < -0.39 is 9.04 Å².